The van der Waals surface area contributed by atoms with E-state index in [2.05, 4.69) is 4.98 Å². The van der Waals surface area contributed by atoms with Crippen molar-refractivity contribution in [3.05, 3.63) is 105 Å². The number of pyridine rings is 1. The number of carbonyl (C=O) groups excluding carboxylic acids is 1. The van der Waals surface area contributed by atoms with Crippen LogP contribution in [0.2, 0.25) is 10.0 Å². The number of ether oxygens (including phenoxy) is 4. The Morgan fingerprint density at radius 2 is 1.46 bits per heavy atom. The van der Waals surface area contributed by atoms with Crippen molar-refractivity contribution in [1.29, 1.82) is 0 Å². The molecule has 9 nitrogen and oxygen atoms in total. The van der Waals surface area contributed by atoms with Gasteiger partial charge in [0, 0.05) is 18.3 Å². The lowest BCUT2D eigenvalue weighted by molar-refractivity contribution is -0.384. The van der Waals surface area contributed by atoms with Gasteiger partial charge in [0.2, 0.25) is 5.88 Å². The van der Waals surface area contributed by atoms with Crippen LogP contribution in [0.3, 0.4) is 0 Å². The van der Waals surface area contributed by atoms with Gasteiger partial charge in [0.15, 0.2) is 6.10 Å². The van der Waals surface area contributed by atoms with E-state index >= 15 is 0 Å². The molecular formula is C27H17Cl2F3N2O7. The second-order valence-corrected chi connectivity index (χ2v) is 9.02. The maximum Gasteiger partial charge on any atom is 0.417 e. The van der Waals surface area contributed by atoms with Gasteiger partial charge in [0.05, 0.1) is 15.5 Å². The highest BCUT2D eigenvalue weighted by Crippen LogP contribution is 2.35. The number of hydrogen-bond donors (Lipinski definition) is 0. The molecule has 3 aromatic carbocycles. The van der Waals surface area contributed by atoms with E-state index in [1.54, 1.807) is 0 Å². The Morgan fingerprint density at radius 3 is 2.02 bits per heavy atom. The van der Waals surface area contributed by atoms with Gasteiger partial charge in [-0.05, 0) is 67.6 Å². The van der Waals surface area contributed by atoms with E-state index in [1.165, 1.54) is 73.7 Å². The van der Waals surface area contributed by atoms with E-state index in [0.717, 1.165) is 0 Å². The Labute approximate surface area is 240 Å². The van der Waals surface area contributed by atoms with Crippen LogP contribution in [0, 0.1) is 10.1 Å². The molecule has 0 N–H and O–H groups in total. The summed E-state index contributed by atoms with van der Waals surface area (Å²) in [6.45, 7) is 1.48. The fourth-order valence-electron chi connectivity index (χ4n) is 3.19. The second kappa shape index (κ2) is 12.3. The maximum absolute atomic E-state index is 12.8. The molecule has 1 atom stereocenters. The first-order valence-electron chi connectivity index (χ1n) is 11.5. The number of esters is 1. The Bertz CT molecular complexity index is 1570. The van der Waals surface area contributed by atoms with E-state index in [4.69, 9.17) is 42.1 Å². The zero-order valence-electron chi connectivity index (χ0n) is 20.7. The SMILES string of the molecule is CC(Oc1ccc(Oc2ncc(C(F)(F)F)cc2Cl)cc1)C(=O)Oc1ccc(Oc2ccc([N+](=O)[O-])cc2Cl)cc1. The molecule has 4 rings (SSSR count). The van der Waals surface area contributed by atoms with Crippen LogP contribution < -0.4 is 18.9 Å². The number of aromatic nitrogens is 1. The lowest BCUT2D eigenvalue weighted by Gasteiger charge is -2.15. The van der Waals surface area contributed by atoms with Crippen molar-refractivity contribution in [3.63, 3.8) is 0 Å². The Morgan fingerprint density at radius 1 is 0.878 bits per heavy atom. The van der Waals surface area contributed by atoms with Crippen LogP contribution in [0.15, 0.2) is 79.0 Å². The second-order valence-electron chi connectivity index (χ2n) is 8.21. The van der Waals surface area contributed by atoms with Gasteiger partial charge in [0.1, 0.15) is 33.8 Å². The number of halogens is 5. The molecule has 0 bridgehead atoms. The molecule has 41 heavy (non-hydrogen) atoms. The van der Waals surface area contributed by atoms with E-state index in [0.29, 0.717) is 18.0 Å². The zero-order valence-corrected chi connectivity index (χ0v) is 22.2. The summed E-state index contributed by atoms with van der Waals surface area (Å²) < 4.78 is 60.3. The van der Waals surface area contributed by atoms with Crippen molar-refractivity contribution in [2.45, 2.75) is 19.2 Å². The van der Waals surface area contributed by atoms with Gasteiger partial charge in [0.25, 0.3) is 5.69 Å². The first-order chi connectivity index (χ1) is 19.4. The Balaban J connectivity index is 1.30. The number of non-ortho nitro benzene ring substituents is 1. The van der Waals surface area contributed by atoms with Crippen LogP contribution in [0.1, 0.15) is 12.5 Å². The quantitative estimate of drug-likeness (QED) is 0.0807. The van der Waals surface area contributed by atoms with E-state index in [9.17, 15) is 28.1 Å². The lowest BCUT2D eigenvalue weighted by atomic mass is 10.3. The van der Waals surface area contributed by atoms with Gasteiger partial charge >= 0.3 is 12.1 Å². The average Bonchev–Trinajstić information content (AvgIpc) is 2.92. The van der Waals surface area contributed by atoms with Crippen molar-refractivity contribution in [2.24, 2.45) is 0 Å². The summed E-state index contributed by atoms with van der Waals surface area (Å²) in [6.07, 6.45) is -4.99. The highest BCUT2D eigenvalue weighted by atomic mass is 35.5. The molecule has 4 aromatic rings. The van der Waals surface area contributed by atoms with E-state index in [1.807, 2.05) is 0 Å². The average molecular weight is 609 g/mol. The molecule has 14 heteroatoms. The Kier molecular flexibility index (Phi) is 8.84. The summed E-state index contributed by atoms with van der Waals surface area (Å²) in [5.41, 5.74) is -1.18. The van der Waals surface area contributed by atoms with E-state index < -0.39 is 28.7 Å². The number of carbonyl (C=O) groups is 1. The van der Waals surface area contributed by atoms with Gasteiger partial charge in [-0.1, -0.05) is 23.2 Å². The molecule has 1 aromatic heterocycles. The minimum absolute atomic E-state index is 0.0559. The van der Waals surface area contributed by atoms with Crippen LogP contribution in [0.25, 0.3) is 0 Å². The minimum atomic E-state index is -4.59. The van der Waals surface area contributed by atoms with Gasteiger partial charge < -0.3 is 18.9 Å². The van der Waals surface area contributed by atoms with Crippen molar-refractivity contribution in [3.8, 4) is 34.6 Å². The van der Waals surface area contributed by atoms with Gasteiger partial charge in [-0.3, -0.25) is 10.1 Å². The van der Waals surface area contributed by atoms with Crippen molar-refractivity contribution in [1.82, 2.24) is 4.98 Å². The fourth-order valence-corrected chi connectivity index (χ4v) is 3.61. The van der Waals surface area contributed by atoms with Gasteiger partial charge in [-0.15, -0.1) is 0 Å². The zero-order chi connectivity index (χ0) is 29.7. The molecule has 0 aliphatic heterocycles. The molecule has 1 heterocycles. The molecule has 0 aliphatic rings. The fraction of sp³-hybridized carbons (Fsp3) is 0.111. The molecule has 0 saturated heterocycles. The molecule has 0 saturated carbocycles. The largest absolute Gasteiger partial charge is 0.479 e. The smallest absolute Gasteiger partial charge is 0.417 e. The minimum Gasteiger partial charge on any atom is -0.479 e. The summed E-state index contributed by atoms with van der Waals surface area (Å²) >= 11 is 11.9. The first-order valence-corrected chi connectivity index (χ1v) is 12.3. The van der Waals surface area contributed by atoms with Crippen LogP contribution >= 0.6 is 23.2 Å². The molecule has 0 amide bonds. The number of nitro benzene ring substituents is 1. The topological polar surface area (TPSA) is 110 Å². The lowest BCUT2D eigenvalue weighted by Crippen LogP contribution is -2.28. The maximum atomic E-state index is 12.8. The van der Waals surface area contributed by atoms with Crippen LogP contribution in [0.4, 0.5) is 18.9 Å². The summed E-state index contributed by atoms with van der Waals surface area (Å²) in [5, 5.41) is 10.6. The van der Waals surface area contributed by atoms with Crippen molar-refractivity contribution in [2.75, 3.05) is 0 Å². The molecule has 1 unspecified atom stereocenters. The first kappa shape index (κ1) is 29.4. The predicted octanol–water partition coefficient (Wildman–Crippen LogP) is 8.27. The van der Waals surface area contributed by atoms with Gasteiger partial charge in [-0.2, -0.15) is 13.2 Å². The van der Waals surface area contributed by atoms with Crippen LogP contribution in [-0.4, -0.2) is 22.0 Å². The summed E-state index contributed by atoms with van der Waals surface area (Å²) in [6, 6.07) is 16.4. The number of nitro groups is 1. The molecular weight excluding hydrogens is 592 g/mol. The summed E-state index contributed by atoms with van der Waals surface area (Å²) in [4.78, 5) is 26.4. The predicted molar refractivity (Wildman–Crippen MR) is 141 cm³/mol. The summed E-state index contributed by atoms with van der Waals surface area (Å²) in [7, 11) is 0. The van der Waals surface area contributed by atoms with Gasteiger partial charge in [-0.25, -0.2) is 9.78 Å². The molecule has 0 fully saturated rings. The highest BCUT2D eigenvalue weighted by molar-refractivity contribution is 6.32. The number of nitrogens with zero attached hydrogens (tertiary/aromatic N) is 2. The number of benzene rings is 3. The number of hydrogen-bond acceptors (Lipinski definition) is 8. The van der Waals surface area contributed by atoms with Crippen LogP contribution in [-0.2, 0) is 11.0 Å². The highest BCUT2D eigenvalue weighted by Gasteiger charge is 2.32. The monoisotopic (exact) mass is 608 g/mol. The normalized spacial score (nSPS) is 11.9. The number of rotatable bonds is 9. The third-order valence-corrected chi connectivity index (χ3v) is 5.78. The standard InChI is InChI=1S/C27H17Cl2F3N2O7/c1-15(38-18-3-7-20(8-4-18)40-25-23(29)12-16(14-33-25)27(30,31)32)26(35)41-21-9-5-19(6-10-21)39-24-11-2-17(34(36)37)13-22(24)28/h2-15H,1H3. The molecule has 0 aliphatic carbocycles. The van der Waals surface area contributed by atoms with Crippen LogP contribution in [0.5, 0.6) is 34.6 Å². The molecule has 212 valence electrons. The van der Waals surface area contributed by atoms with E-state index in [-0.39, 0.29) is 44.6 Å². The molecule has 0 spiro atoms. The third kappa shape index (κ3) is 7.77. The Hall–Kier alpha value is -4.55. The summed E-state index contributed by atoms with van der Waals surface area (Å²) in [5.74, 6) is 0.364. The van der Waals surface area contributed by atoms with Crippen molar-refractivity contribution >= 4 is 34.9 Å². The number of alkyl halides is 3. The molecule has 0 radical (unpaired) electrons. The van der Waals surface area contributed by atoms with Crippen molar-refractivity contribution < 1.29 is 41.8 Å². The third-order valence-electron chi connectivity index (χ3n) is 5.21.